The lowest BCUT2D eigenvalue weighted by Gasteiger charge is -2.32. The molecular formula is C18H26N4O3S. The average Bonchev–Trinajstić information content (AvgIpc) is 3.03. The lowest BCUT2D eigenvalue weighted by molar-refractivity contribution is -0.0907. The molecule has 142 valence electrons. The highest BCUT2D eigenvalue weighted by Gasteiger charge is 2.29. The van der Waals surface area contributed by atoms with E-state index in [9.17, 15) is 13.6 Å². The largest absolute Gasteiger partial charge is 0.304 e. The minimum Gasteiger partial charge on any atom is -0.304 e. The van der Waals surface area contributed by atoms with E-state index in [-0.39, 0.29) is 4.90 Å². The summed E-state index contributed by atoms with van der Waals surface area (Å²) in [4.78, 5) is 6.61. The van der Waals surface area contributed by atoms with E-state index in [0.29, 0.717) is 36.8 Å². The molecule has 0 bridgehead atoms. The van der Waals surface area contributed by atoms with Gasteiger partial charge in [-0.05, 0) is 40.0 Å². The van der Waals surface area contributed by atoms with Crippen molar-refractivity contribution in [1.82, 2.24) is 14.3 Å². The van der Waals surface area contributed by atoms with Crippen molar-refractivity contribution in [1.29, 1.82) is 0 Å². The molecule has 1 saturated heterocycles. The fourth-order valence-corrected chi connectivity index (χ4v) is 4.50. The first kappa shape index (κ1) is 19.0. The van der Waals surface area contributed by atoms with Crippen LogP contribution in [0.3, 0.4) is 0 Å². The number of nitrogens with zero attached hydrogens (tertiary/aromatic N) is 4. The number of benzene rings is 1. The Morgan fingerprint density at radius 3 is 2.46 bits per heavy atom. The fourth-order valence-electron chi connectivity index (χ4n) is 2.91. The molecule has 0 amide bonds. The van der Waals surface area contributed by atoms with Crippen LogP contribution in [0.4, 0.5) is 0 Å². The maximum atomic E-state index is 13.3. The number of hydrogen-bond acceptors (Lipinski definition) is 6. The van der Waals surface area contributed by atoms with Crippen molar-refractivity contribution in [3.05, 3.63) is 34.5 Å². The predicted molar refractivity (Wildman–Crippen MR) is 100 cm³/mol. The Morgan fingerprint density at radius 1 is 1.19 bits per heavy atom. The van der Waals surface area contributed by atoms with Crippen LogP contribution < -0.4 is 10.6 Å². The highest BCUT2D eigenvalue weighted by atomic mass is 32.2. The number of sulfonamides is 1. The molecule has 0 radical (unpaired) electrons. The van der Waals surface area contributed by atoms with Gasteiger partial charge in [-0.25, -0.2) is 8.42 Å². The van der Waals surface area contributed by atoms with Crippen molar-refractivity contribution in [3.63, 3.8) is 0 Å². The first-order valence-corrected chi connectivity index (χ1v) is 10.1. The minimum atomic E-state index is -3.68. The lowest BCUT2D eigenvalue weighted by Crippen LogP contribution is -2.49. The van der Waals surface area contributed by atoms with Crippen molar-refractivity contribution >= 4 is 22.3 Å². The zero-order valence-electron chi connectivity index (χ0n) is 15.7. The summed E-state index contributed by atoms with van der Waals surface area (Å²) in [6.07, 6.45) is 4.95. The molecule has 0 aliphatic carbocycles. The minimum absolute atomic E-state index is 0.177. The topological polar surface area (TPSA) is 76.5 Å². The van der Waals surface area contributed by atoms with E-state index < -0.39 is 15.6 Å². The Hall–Kier alpha value is -1.74. The SMILES string of the molecule is CN1CCN(S(=O)(=O)c2ccc3c(/c2=C\N(O)C(C)(C)C)=NC=C3)CC1. The van der Waals surface area contributed by atoms with Crippen molar-refractivity contribution in [2.24, 2.45) is 4.99 Å². The van der Waals surface area contributed by atoms with E-state index >= 15 is 0 Å². The molecule has 26 heavy (non-hydrogen) atoms. The molecule has 0 saturated carbocycles. The maximum Gasteiger partial charge on any atom is 0.243 e. The van der Waals surface area contributed by atoms with Gasteiger partial charge >= 0.3 is 0 Å². The maximum absolute atomic E-state index is 13.3. The van der Waals surface area contributed by atoms with E-state index in [0.717, 1.165) is 10.6 Å². The van der Waals surface area contributed by atoms with Crippen LogP contribution in [0.5, 0.6) is 0 Å². The molecule has 2 aliphatic rings. The van der Waals surface area contributed by atoms with Gasteiger partial charge in [0.25, 0.3) is 0 Å². The summed E-state index contributed by atoms with van der Waals surface area (Å²) in [6, 6.07) is 3.38. The zero-order chi connectivity index (χ0) is 19.1. The number of likely N-dealkylation sites (N-methyl/N-ethyl adjacent to an activating group) is 1. The molecule has 0 aromatic heterocycles. The molecule has 2 aliphatic heterocycles. The fraction of sp³-hybridized carbons (Fsp3) is 0.500. The summed E-state index contributed by atoms with van der Waals surface area (Å²) < 4.78 is 28.0. The highest BCUT2D eigenvalue weighted by molar-refractivity contribution is 7.89. The quantitative estimate of drug-likeness (QED) is 0.773. The number of piperazine rings is 1. The molecular weight excluding hydrogens is 352 g/mol. The Balaban J connectivity index is 2.16. The lowest BCUT2D eigenvalue weighted by atomic mass is 10.1. The van der Waals surface area contributed by atoms with Crippen molar-refractivity contribution in [2.45, 2.75) is 31.2 Å². The van der Waals surface area contributed by atoms with Crippen LogP contribution >= 0.6 is 0 Å². The van der Waals surface area contributed by atoms with E-state index in [4.69, 9.17) is 0 Å². The van der Waals surface area contributed by atoms with E-state index in [1.807, 2.05) is 33.9 Å². The summed E-state index contributed by atoms with van der Waals surface area (Å²) in [6.45, 7) is 7.83. The van der Waals surface area contributed by atoms with Gasteiger partial charge < -0.3 is 4.90 Å². The first-order chi connectivity index (χ1) is 12.1. The van der Waals surface area contributed by atoms with Gasteiger partial charge in [0, 0.05) is 49.4 Å². The Bertz CT molecular complexity index is 940. The summed E-state index contributed by atoms with van der Waals surface area (Å²) in [5.41, 5.74) is 0.278. The standard InChI is InChI=1S/C18H26N4O3S/c1-18(2,3)22(23)13-15-16(6-5-14-7-8-19-17(14)15)26(24,25)21-11-9-20(4)10-12-21/h5-8,13,23H,9-12H2,1-4H3/b15-13-. The molecule has 0 spiro atoms. The molecule has 2 heterocycles. The van der Waals surface area contributed by atoms with Gasteiger partial charge in [-0.3, -0.25) is 15.3 Å². The zero-order valence-corrected chi connectivity index (χ0v) is 16.5. The molecule has 1 fully saturated rings. The second-order valence-corrected chi connectivity index (χ2v) is 9.62. The summed E-state index contributed by atoms with van der Waals surface area (Å²) in [7, 11) is -1.70. The molecule has 8 heteroatoms. The Labute approximate surface area is 154 Å². The molecule has 1 aromatic carbocycles. The van der Waals surface area contributed by atoms with Gasteiger partial charge in [0.05, 0.1) is 15.8 Å². The van der Waals surface area contributed by atoms with E-state index in [1.54, 1.807) is 18.3 Å². The smallest absolute Gasteiger partial charge is 0.243 e. The molecule has 1 N–H and O–H groups in total. The van der Waals surface area contributed by atoms with Crippen LogP contribution in [-0.4, -0.2) is 66.7 Å². The van der Waals surface area contributed by atoms with Crippen LogP contribution in [0.1, 0.15) is 26.3 Å². The number of hydroxylamine groups is 2. The highest BCUT2D eigenvalue weighted by Crippen LogP contribution is 2.16. The van der Waals surface area contributed by atoms with Crippen molar-refractivity contribution in [3.8, 4) is 0 Å². The number of fused-ring (bicyclic) bond motifs is 1. The van der Waals surface area contributed by atoms with Crippen LogP contribution in [0.25, 0.3) is 12.3 Å². The van der Waals surface area contributed by atoms with Crippen LogP contribution in [0.15, 0.2) is 28.2 Å². The third-order valence-electron chi connectivity index (χ3n) is 4.68. The third-order valence-corrected chi connectivity index (χ3v) is 6.64. The summed E-state index contributed by atoms with van der Waals surface area (Å²) >= 11 is 0. The molecule has 0 atom stereocenters. The average molecular weight is 378 g/mol. The molecule has 3 rings (SSSR count). The third kappa shape index (κ3) is 3.55. The van der Waals surface area contributed by atoms with E-state index in [2.05, 4.69) is 9.89 Å². The van der Waals surface area contributed by atoms with Gasteiger partial charge in [0.1, 0.15) is 0 Å². The Kier molecular flexibility index (Phi) is 4.96. The summed E-state index contributed by atoms with van der Waals surface area (Å²) in [5.74, 6) is 0. The van der Waals surface area contributed by atoms with Crippen molar-refractivity contribution in [2.75, 3.05) is 33.2 Å². The van der Waals surface area contributed by atoms with Gasteiger partial charge in [-0.1, -0.05) is 6.07 Å². The van der Waals surface area contributed by atoms with Crippen LogP contribution in [-0.2, 0) is 10.0 Å². The second-order valence-electron chi connectivity index (χ2n) is 7.71. The first-order valence-electron chi connectivity index (χ1n) is 8.67. The van der Waals surface area contributed by atoms with E-state index in [1.165, 1.54) is 10.5 Å². The van der Waals surface area contributed by atoms with Crippen molar-refractivity contribution < 1.29 is 13.6 Å². The number of hydrogen-bond donors (Lipinski definition) is 1. The normalized spacial score (nSPS) is 19.5. The Morgan fingerprint density at radius 2 is 1.85 bits per heavy atom. The van der Waals surface area contributed by atoms with Gasteiger partial charge in [-0.15, -0.1) is 0 Å². The predicted octanol–water partition coefficient (Wildman–Crippen LogP) is 0.454. The van der Waals surface area contributed by atoms with Gasteiger partial charge in [-0.2, -0.15) is 4.31 Å². The monoisotopic (exact) mass is 378 g/mol. The second kappa shape index (κ2) is 6.77. The number of rotatable bonds is 3. The van der Waals surface area contributed by atoms with Crippen LogP contribution in [0, 0.1) is 0 Å². The molecule has 1 aromatic rings. The summed E-state index contributed by atoms with van der Waals surface area (Å²) in [5, 5.41) is 12.4. The molecule has 7 nitrogen and oxygen atoms in total. The van der Waals surface area contributed by atoms with Gasteiger partial charge in [0.15, 0.2) is 0 Å². The van der Waals surface area contributed by atoms with Crippen LogP contribution in [0.2, 0.25) is 0 Å². The van der Waals surface area contributed by atoms with Gasteiger partial charge in [0.2, 0.25) is 10.0 Å². The molecule has 0 unspecified atom stereocenters.